The lowest BCUT2D eigenvalue weighted by atomic mass is 10.1. The van der Waals surface area contributed by atoms with Gasteiger partial charge in [-0.2, -0.15) is 0 Å². The standard InChI is InChI=1S/C16H16BrFN2O/c1-10-7-11(2)16(14(17)8-10)19-9-15(21)20-13-5-3-12(18)4-6-13/h3-8,19H,9H2,1-2H3,(H,20,21). The molecule has 2 rings (SSSR count). The van der Waals surface area contributed by atoms with Crippen molar-refractivity contribution in [2.45, 2.75) is 13.8 Å². The molecule has 0 unspecified atom stereocenters. The van der Waals surface area contributed by atoms with Crippen molar-refractivity contribution < 1.29 is 9.18 Å². The van der Waals surface area contributed by atoms with Gasteiger partial charge < -0.3 is 10.6 Å². The predicted molar refractivity (Wildman–Crippen MR) is 87.1 cm³/mol. The summed E-state index contributed by atoms with van der Waals surface area (Å²) in [6.45, 7) is 4.14. The molecule has 2 aromatic carbocycles. The van der Waals surface area contributed by atoms with E-state index in [1.165, 1.54) is 24.3 Å². The van der Waals surface area contributed by atoms with E-state index in [0.717, 1.165) is 21.3 Å². The highest BCUT2D eigenvalue weighted by atomic mass is 79.9. The molecule has 0 saturated carbocycles. The lowest BCUT2D eigenvalue weighted by molar-refractivity contribution is -0.114. The van der Waals surface area contributed by atoms with E-state index >= 15 is 0 Å². The van der Waals surface area contributed by atoms with E-state index in [0.29, 0.717) is 5.69 Å². The van der Waals surface area contributed by atoms with Gasteiger partial charge in [-0.3, -0.25) is 4.79 Å². The molecule has 5 heteroatoms. The summed E-state index contributed by atoms with van der Waals surface area (Å²) in [4.78, 5) is 11.9. The largest absolute Gasteiger partial charge is 0.375 e. The number of halogens is 2. The summed E-state index contributed by atoms with van der Waals surface area (Å²) in [5.41, 5.74) is 3.69. The monoisotopic (exact) mass is 350 g/mol. The number of carbonyl (C=O) groups excluding carboxylic acids is 1. The normalized spacial score (nSPS) is 10.3. The van der Waals surface area contributed by atoms with Crippen molar-refractivity contribution in [2.24, 2.45) is 0 Å². The fourth-order valence-corrected chi connectivity index (χ4v) is 2.86. The first-order valence-corrected chi connectivity index (χ1v) is 7.31. The Morgan fingerprint density at radius 3 is 2.48 bits per heavy atom. The molecule has 0 spiro atoms. The minimum Gasteiger partial charge on any atom is -0.375 e. The van der Waals surface area contributed by atoms with E-state index in [1.54, 1.807) is 0 Å². The summed E-state index contributed by atoms with van der Waals surface area (Å²) < 4.78 is 13.7. The summed E-state index contributed by atoms with van der Waals surface area (Å²) in [6.07, 6.45) is 0. The smallest absolute Gasteiger partial charge is 0.243 e. The van der Waals surface area contributed by atoms with Gasteiger partial charge in [-0.1, -0.05) is 6.07 Å². The second-order valence-electron chi connectivity index (χ2n) is 4.85. The van der Waals surface area contributed by atoms with Crippen LogP contribution in [0.4, 0.5) is 15.8 Å². The van der Waals surface area contributed by atoms with E-state index in [4.69, 9.17) is 0 Å². The minimum absolute atomic E-state index is 0.139. The lowest BCUT2D eigenvalue weighted by Crippen LogP contribution is -2.22. The van der Waals surface area contributed by atoms with Crippen LogP contribution in [0.1, 0.15) is 11.1 Å². The molecule has 0 aliphatic rings. The molecule has 3 nitrogen and oxygen atoms in total. The van der Waals surface area contributed by atoms with Crippen molar-refractivity contribution in [2.75, 3.05) is 17.2 Å². The second-order valence-corrected chi connectivity index (χ2v) is 5.70. The van der Waals surface area contributed by atoms with Crippen LogP contribution in [0.2, 0.25) is 0 Å². The molecular weight excluding hydrogens is 335 g/mol. The Morgan fingerprint density at radius 1 is 1.19 bits per heavy atom. The highest BCUT2D eigenvalue weighted by Gasteiger charge is 2.07. The van der Waals surface area contributed by atoms with Gasteiger partial charge in [-0.25, -0.2) is 4.39 Å². The number of aryl methyl sites for hydroxylation is 2. The zero-order chi connectivity index (χ0) is 15.4. The van der Waals surface area contributed by atoms with E-state index in [9.17, 15) is 9.18 Å². The Hall–Kier alpha value is -1.88. The van der Waals surface area contributed by atoms with Crippen LogP contribution >= 0.6 is 15.9 Å². The predicted octanol–water partition coefficient (Wildman–Crippen LogP) is 4.26. The molecule has 0 radical (unpaired) electrons. The third-order valence-corrected chi connectivity index (χ3v) is 3.61. The Kier molecular flexibility index (Phi) is 4.96. The Morgan fingerprint density at radius 2 is 1.86 bits per heavy atom. The van der Waals surface area contributed by atoms with Crippen LogP contribution in [0.15, 0.2) is 40.9 Å². The van der Waals surface area contributed by atoms with Gasteiger partial charge in [0, 0.05) is 10.2 Å². The van der Waals surface area contributed by atoms with Crippen molar-refractivity contribution in [3.63, 3.8) is 0 Å². The number of carbonyl (C=O) groups is 1. The molecule has 21 heavy (non-hydrogen) atoms. The van der Waals surface area contributed by atoms with E-state index in [1.807, 2.05) is 26.0 Å². The van der Waals surface area contributed by atoms with Crippen LogP contribution in [-0.4, -0.2) is 12.5 Å². The molecule has 2 N–H and O–H groups in total. The van der Waals surface area contributed by atoms with Gasteiger partial charge in [0.25, 0.3) is 0 Å². The minimum atomic E-state index is -0.328. The SMILES string of the molecule is Cc1cc(C)c(NCC(=O)Nc2ccc(F)cc2)c(Br)c1. The van der Waals surface area contributed by atoms with E-state index in [2.05, 4.69) is 26.6 Å². The molecule has 0 aliphatic heterocycles. The number of hydrogen-bond donors (Lipinski definition) is 2. The molecule has 2 aromatic rings. The summed E-state index contributed by atoms with van der Waals surface area (Å²) in [7, 11) is 0. The Balaban J connectivity index is 1.97. The Bertz CT molecular complexity index is 633. The van der Waals surface area contributed by atoms with Gasteiger partial charge in [-0.05, 0) is 71.2 Å². The lowest BCUT2D eigenvalue weighted by Gasteiger charge is -2.13. The van der Waals surface area contributed by atoms with Gasteiger partial charge in [-0.15, -0.1) is 0 Å². The Labute approximate surface area is 131 Å². The van der Waals surface area contributed by atoms with Gasteiger partial charge >= 0.3 is 0 Å². The maximum absolute atomic E-state index is 12.8. The average molecular weight is 351 g/mol. The van der Waals surface area contributed by atoms with Gasteiger partial charge in [0.2, 0.25) is 5.91 Å². The van der Waals surface area contributed by atoms with Crippen LogP contribution in [0.3, 0.4) is 0 Å². The van der Waals surface area contributed by atoms with Crippen molar-refractivity contribution in [3.05, 3.63) is 57.8 Å². The molecule has 0 heterocycles. The van der Waals surface area contributed by atoms with Crippen molar-refractivity contribution in [1.29, 1.82) is 0 Å². The fraction of sp³-hybridized carbons (Fsp3) is 0.188. The number of amides is 1. The number of anilines is 2. The number of hydrogen-bond acceptors (Lipinski definition) is 2. The quantitative estimate of drug-likeness (QED) is 0.864. The van der Waals surface area contributed by atoms with Gasteiger partial charge in [0.1, 0.15) is 5.82 Å². The van der Waals surface area contributed by atoms with Crippen LogP contribution < -0.4 is 10.6 Å². The van der Waals surface area contributed by atoms with Gasteiger partial charge in [0.05, 0.1) is 12.2 Å². The van der Waals surface area contributed by atoms with Crippen molar-refractivity contribution in [3.8, 4) is 0 Å². The van der Waals surface area contributed by atoms with E-state index in [-0.39, 0.29) is 18.3 Å². The first-order chi connectivity index (χ1) is 9.95. The molecule has 0 atom stereocenters. The second kappa shape index (κ2) is 6.72. The zero-order valence-corrected chi connectivity index (χ0v) is 13.4. The molecule has 0 aliphatic carbocycles. The molecule has 1 amide bonds. The summed E-state index contributed by atoms with van der Waals surface area (Å²) in [5.74, 6) is -0.515. The molecule has 0 fully saturated rings. The highest BCUT2D eigenvalue weighted by molar-refractivity contribution is 9.10. The van der Waals surface area contributed by atoms with Crippen LogP contribution in [-0.2, 0) is 4.79 Å². The first-order valence-electron chi connectivity index (χ1n) is 6.52. The molecule has 0 saturated heterocycles. The number of benzene rings is 2. The maximum Gasteiger partial charge on any atom is 0.243 e. The van der Waals surface area contributed by atoms with Crippen LogP contribution in [0.25, 0.3) is 0 Å². The molecular formula is C16H16BrFN2O. The average Bonchev–Trinajstić information content (AvgIpc) is 2.40. The third kappa shape index (κ3) is 4.29. The zero-order valence-electron chi connectivity index (χ0n) is 11.8. The number of nitrogens with one attached hydrogen (secondary N) is 2. The van der Waals surface area contributed by atoms with E-state index < -0.39 is 0 Å². The first kappa shape index (κ1) is 15.5. The molecule has 110 valence electrons. The van der Waals surface area contributed by atoms with Gasteiger partial charge in [0.15, 0.2) is 0 Å². The summed E-state index contributed by atoms with van der Waals surface area (Å²) in [6, 6.07) is 9.71. The summed E-state index contributed by atoms with van der Waals surface area (Å²) >= 11 is 3.49. The van der Waals surface area contributed by atoms with Crippen LogP contribution in [0, 0.1) is 19.7 Å². The third-order valence-electron chi connectivity index (χ3n) is 2.99. The van der Waals surface area contributed by atoms with Crippen molar-refractivity contribution >= 4 is 33.2 Å². The molecule has 0 aromatic heterocycles. The maximum atomic E-state index is 12.8. The van der Waals surface area contributed by atoms with Crippen molar-refractivity contribution in [1.82, 2.24) is 0 Å². The fourth-order valence-electron chi connectivity index (χ4n) is 2.05. The molecule has 0 bridgehead atoms. The van der Waals surface area contributed by atoms with Crippen LogP contribution in [0.5, 0.6) is 0 Å². The topological polar surface area (TPSA) is 41.1 Å². The summed E-state index contributed by atoms with van der Waals surface area (Å²) in [5, 5.41) is 5.81. The highest BCUT2D eigenvalue weighted by Crippen LogP contribution is 2.27. The number of rotatable bonds is 4.